The number of ether oxygens (including phenoxy) is 2. The Morgan fingerprint density at radius 3 is 1.95 bits per heavy atom. The van der Waals surface area contributed by atoms with Crippen molar-refractivity contribution in [3.05, 3.63) is 11.6 Å². The first-order valence-corrected chi connectivity index (χ1v) is 16.5. The average molecular weight is 387 g/mol. The minimum absolute atomic E-state index is 0.291. The Balaban J connectivity index is 4.26. The quantitative estimate of drug-likeness (QED) is 0.186. The zero-order valence-corrected chi connectivity index (χ0v) is 21.6. The lowest BCUT2D eigenvalue weighted by Gasteiger charge is -2.21. The van der Waals surface area contributed by atoms with Crippen molar-refractivity contribution < 1.29 is 27.2 Å². The molecule has 0 spiro atoms. The summed E-state index contributed by atoms with van der Waals surface area (Å²) in [4.78, 5) is 0. The van der Waals surface area contributed by atoms with Crippen LogP contribution in [0.25, 0.3) is 0 Å². The lowest BCUT2D eigenvalue weighted by atomic mass is 10.7. The van der Waals surface area contributed by atoms with Gasteiger partial charge in [0.25, 0.3) is 0 Å². The van der Waals surface area contributed by atoms with Crippen LogP contribution in [0.5, 0.6) is 0 Å². The highest BCUT2D eigenvalue weighted by Crippen LogP contribution is 2.04. The zero-order valence-electron chi connectivity index (χ0n) is 13.9. The highest BCUT2D eigenvalue weighted by Gasteiger charge is 2.11. The van der Waals surface area contributed by atoms with Gasteiger partial charge >= 0.3 is 0 Å². The molecule has 2 atom stereocenters. The van der Waals surface area contributed by atoms with Crippen LogP contribution in [0.3, 0.4) is 0 Å². The topological polar surface area (TPSA) is 55.4 Å². The van der Waals surface area contributed by atoms with Crippen molar-refractivity contribution in [2.75, 3.05) is 13.2 Å². The van der Waals surface area contributed by atoms with Crippen molar-refractivity contribution >= 4 is 49.3 Å². The molecule has 0 amide bonds. The molecule has 11 heteroatoms. The Morgan fingerprint density at radius 2 is 1.43 bits per heavy atom. The van der Waals surface area contributed by atoms with Gasteiger partial charge in [0.05, 0.1) is 23.5 Å². The van der Waals surface area contributed by atoms with Gasteiger partial charge in [0.1, 0.15) is 11.6 Å². The van der Waals surface area contributed by atoms with E-state index in [1.54, 1.807) is 6.26 Å². The molecule has 6 nitrogen and oxygen atoms in total. The normalized spacial score (nSPS) is 17.2. The summed E-state index contributed by atoms with van der Waals surface area (Å²) in [5.74, 6) is 0. The van der Waals surface area contributed by atoms with Gasteiger partial charge in [-0.15, -0.1) is 0 Å². The monoisotopic (exact) mass is 386 g/mol. The Labute approximate surface area is 140 Å². The lowest BCUT2D eigenvalue weighted by Crippen LogP contribution is -2.26. The van der Waals surface area contributed by atoms with E-state index in [1.807, 2.05) is 0 Å². The second-order valence-corrected chi connectivity index (χ2v) is 8.85. The van der Waals surface area contributed by atoms with Gasteiger partial charge in [-0.25, -0.2) is 0 Å². The Hall–Kier alpha value is 0.264. The highest BCUT2D eigenvalue weighted by atomic mass is 28.2. The SMILES string of the molecule is C[SiH2]OCC(OC=C([SiH3])OC(CO[SiH2]C)O[SiH2]C)O[SiH2]C. The molecule has 0 aromatic carbocycles. The molecule has 0 heterocycles. The van der Waals surface area contributed by atoms with Gasteiger partial charge in [-0.3, -0.25) is 0 Å². The smallest absolute Gasteiger partial charge is 0.211 e. The van der Waals surface area contributed by atoms with Crippen LogP contribution in [0.15, 0.2) is 11.6 Å². The van der Waals surface area contributed by atoms with Crippen molar-refractivity contribution in [3.8, 4) is 0 Å². The van der Waals surface area contributed by atoms with E-state index in [1.165, 1.54) is 0 Å². The Bertz CT molecular complexity index is 270. The van der Waals surface area contributed by atoms with Crippen LogP contribution in [-0.2, 0) is 27.2 Å². The summed E-state index contributed by atoms with van der Waals surface area (Å²) in [6.07, 6.45) is 1.04. The van der Waals surface area contributed by atoms with E-state index in [-0.39, 0.29) is 12.6 Å². The fraction of sp³-hybridized carbons (Fsp3) is 0.800. The maximum absolute atomic E-state index is 5.76. The van der Waals surface area contributed by atoms with E-state index in [2.05, 4.69) is 26.2 Å². The summed E-state index contributed by atoms with van der Waals surface area (Å²) >= 11 is 0. The molecule has 0 aromatic heterocycles. The maximum atomic E-state index is 5.76. The van der Waals surface area contributed by atoms with E-state index in [9.17, 15) is 0 Å². The van der Waals surface area contributed by atoms with Crippen molar-refractivity contribution in [2.24, 2.45) is 0 Å². The molecule has 0 aliphatic rings. The first-order valence-electron chi connectivity index (χ1n) is 7.55. The molecule has 2 unspecified atom stereocenters. The molecule has 0 rings (SSSR count). The molecule has 0 N–H and O–H groups in total. The van der Waals surface area contributed by atoms with Gasteiger partial charge in [-0.2, -0.15) is 0 Å². The van der Waals surface area contributed by atoms with Crippen molar-refractivity contribution in [3.63, 3.8) is 0 Å². The van der Waals surface area contributed by atoms with E-state index >= 15 is 0 Å². The molecular formula is C10H30O6Si5. The number of rotatable bonds is 14. The predicted octanol–water partition coefficient (Wildman–Crippen LogP) is -2.57. The maximum Gasteiger partial charge on any atom is 0.211 e. The van der Waals surface area contributed by atoms with Crippen molar-refractivity contribution in [2.45, 2.75) is 38.8 Å². The Kier molecular flexibility index (Phi) is 15.4. The van der Waals surface area contributed by atoms with Crippen LogP contribution >= 0.6 is 0 Å². The first-order chi connectivity index (χ1) is 10.2. The lowest BCUT2D eigenvalue weighted by molar-refractivity contribution is -0.0785. The minimum Gasteiger partial charge on any atom is -0.471 e. The summed E-state index contributed by atoms with van der Waals surface area (Å²) in [5.41, 5.74) is 0. The van der Waals surface area contributed by atoms with E-state index in [0.29, 0.717) is 13.2 Å². The van der Waals surface area contributed by atoms with Gasteiger partial charge in [0, 0.05) is 0 Å². The summed E-state index contributed by atoms with van der Waals surface area (Å²) in [6, 6.07) is 0. The molecule has 126 valence electrons. The molecule has 0 saturated carbocycles. The van der Waals surface area contributed by atoms with Crippen LogP contribution in [0, 0.1) is 0 Å². The Morgan fingerprint density at radius 1 is 0.905 bits per heavy atom. The fourth-order valence-electron chi connectivity index (χ4n) is 1.45. The molecule has 0 saturated heterocycles. The van der Waals surface area contributed by atoms with Crippen LogP contribution in [0.4, 0.5) is 0 Å². The second kappa shape index (κ2) is 15.2. The summed E-state index contributed by atoms with van der Waals surface area (Å²) in [7, 11) is -1.18. The largest absolute Gasteiger partial charge is 0.471 e. The molecule has 0 aromatic rings. The van der Waals surface area contributed by atoms with Gasteiger partial charge in [0.15, 0.2) is 39.1 Å². The van der Waals surface area contributed by atoms with Crippen LogP contribution in [0.1, 0.15) is 0 Å². The third-order valence-electron chi connectivity index (χ3n) is 2.32. The van der Waals surface area contributed by atoms with E-state index in [4.69, 9.17) is 27.2 Å². The standard InChI is InChI=1S/C10H30O6Si5/c1-18-12-5-8(15-20-3)11-7-10(17)14-9(16-21-4)6-13-19-2/h7-9H,5-6,18-21H2,1-4,17H3. The zero-order chi connectivity index (χ0) is 15.9. The number of hydrogen-bond donors (Lipinski definition) is 0. The van der Waals surface area contributed by atoms with Gasteiger partial charge in [-0.1, -0.05) is 26.2 Å². The first kappa shape index (κ1) is 21.3. The fourth-order valence-corrected chi connectivity index (χ4v) is 3.79. The average Bonchev–Trinajstić information content (AvgIpc) is 2.47. The van der Waals surface area contributed by atoms with Crippen molar-refractivity contribution in [1.82, 2.24) is 0 Å². The molecule has 0 aliphatic heterocycles. The molecule has 0 fully saturated rings. The third kappa shape index (κ3) is 12.5. The van der Waals surface area contributed by atoms with Crippen LogP contribution < -0.4 is 0 Å². The summed E-state index contributed by atoms with van der Waals surface area (Å²) in [5, 5.41) is 0.795. The predicted molar refractivity (Wildman–Crippen MR) is 99.5 cm³/mol. The van der Waals surface area contributed by atoms with E-state index in [0.717, 1.165) is 15.6 Å². The van der Waals surface area contributed by atoms with Gasteiger partial charge < -0.3 is 27.2 Å². The summed E-state index contributed by atoms with van der Waals surface area (Å²) < 4.78 is 33.6. The van der Waals surface area contributed by atoms with Gasteiger partial charge in [-0.05, 0) is 0 Å². The highest BCUT2D eigenvalue weighted by molar-refractivity contribution is 6.25. The van der Waals surface area contributed by atoms with E-state index < -0.39 is 39.1 Å². The second-order valence-electron chi connectivity index (χ2n) is 4.07. The van der Waals surface area contributed by atoms with Crippen LogP contribution in [-0.4, -0.2) is 75.1 Å². The third-order valence-corrected chi connectivity index (χ3v) is 5.49. The number of hydrogen-bond acceptors (Lipinski definition) is 6. The molecule has 0 radical (unpaired) electrons. The molecule has 21 heavy (non-hydrogen) atoms. The molecule has 0 aliphatic carbocycles. The molecule has 0 bridgehead atoms. The van der Waals surface area contributed by atoms with Crippen molar-refractivity contribution in [1.29, 1.82) is 0 Å². The summed E-state index contributed by atoms with van der Waals surface area (Å²) in [6.45, 7) is 9.34. The van der Waals surface area contributed by atoms with Gasteiger partial charge in [0.2, 0.25) is 12.6 Å². The minimum atomic E-state index is -0.530. The van der Waals surface area contributed by atoms with Crippen LogP contribution in [0.2, 0.25) is 26.2 Å². The molecular weight excluding hydrogens is 357 g/mol.